The normalized spacial score (nSPS) is 17.0. The highest BCUT2D eigenvalue weighted by Gasteiger charge is 2.28. The van der Waals surface area contributed by atoms with Crippen molar-refractivity contribution in [2.45, 2.75) is 19.0 Å². The highest BCUT2D eigenvalue weighted by Crippen LogP contribution is 2.32. The average Bonchev–Trinajstić information content (AvgIpc) is 3.15. The van der Waals surface area contributed by atoms with Crippen LogP contribution in [0.25, 0.3) is 0 Å². The highest BCUT2D eigenvalue weighted by atomic mass is 16.6. The summed E-state index contributed by atoms with van der Waals surface area (Å²) in [6.07, 6.45) is 3.03. The van der Waals surface area contributed by atoms with E-state index in [1.165, 1.54) is 11.3 Å². The molecule has 26 heavy (non-hydrogen) atoms. The Morgan fingerprint density at radius 3 is 2.46 bits per heavy atom. The molecule has 0 spiro atoms. The molecular weight excluding hydrogens is 326 g/mol. The van der Waals surface area contributed by atoms with Crippen LogP contribution in [0, 0.1) is 10.1 Å². The maximum Gasteiger partial charge on any atom is 0.269 e. The van der Waals surface area contributed by atoms with Crippen LogP contribution in [0.5, 0.6) is 0 Å². The Kier molecular flexibility index (Phi) is 4.54. The number of hydrogen-bond acceptors (Lipinski definition) is 3. The fourth-order valence-electron chi connectivity index (χ4n) is 3.75. The van der Waals surface area contributed by atoms with Crippen molar-refractivity contribution in [2.24, 2.45) is 0 Å². The van der Waals surface area contributed by atoms with Crippen molar-refractivity contribution in [1.82, 2.24) is 9.47 Å². The van der Waals surface area contributed by atoms with E-state index in [1.54, 1.807) is 12.1 Å². The first-order valence-electron chi connectivity index (χ1n) is 8.90. The quantitative estimate of drug-likeness (QED) is 0.517. The Morgan fingerprint density at radius 2 is 1.73 bits per heavy atom. The van der Waals surface area contributed by atoms with E-state index in [9.17, 15) is 10.1 Å². The third-order valence-electron chi connectivity index (χ3n) is 5.09. The molecule has 0 bridgehead atoms. The lowest BCUT2D eigenvalue weighted by Gasteiger charge is -2.37. The summed E-state index contributed by atoms with van der Waals surface area (Å²) < 4.78 is 2.33. The van der Waals surface area contributed by atoms with Crippen LogP contribution < -0.4 is 0 Å². The van der Waals surface area contributed by atoms with Crippen LogP contribution in [-0.4, -0.2) is 27.5 Å². The number of non-ortho nitro benzene ring substituents is 1. The van der Waals surface area contributed by atoms with Gasteiger partial charge in [-0.3, -0.25) is 15.0 Å². The molecule has 0 fully saturated rings. The molecular formula is C21H21N3O2. The lowest BCUT2D eigenvalue weighted by Crippen LogP contribution is -2.39. The van der Waals surface area contributed by atoms with E-state index < -0.39 is 0 Å². The Hall–Kier alpha value is -2.92. The summed E-state index contributed by atoms with van der Waals surface area (Å²) in [5.41, 5.74) is 3.90. The zero-order chi connectivity index (χ0) is 17.9. The number of nitro benzene ring substituents is 1. The molecule has 3 aromatic rings. The highest BCUT2D eigenvalue weighted by molar-refractivity contribution is 5.33. The molecule has 1 aliphatic rings. The number of nitro groups is 1. The fraction of sp³-hybridized carbons (Fsp3) is 0.238. The smallest absolute Gasteiger partial charge is 0.269 e. The predicted molar refractivity (Wildman–Crippen MR) is 101 cm³/mol. The van der Waals surface area contributed by atoms with Gasteiger partial charge < -0.3 is 4.57 Å². The van der Waals surface area contributed by atoms with Crippen LogP contribution in [0.3, 0.4) is 0 Å². The first-order valence-corrected chi connectivity index (χ1v) is 8.90. The molecule has 5 nitrogen and oxygen atoms in total. The monoisotopic (exact) mass is 347 g/mol. The van der Waals surface area contributed by atoms with E-state index >= 15 is 0 Å². The first kappa shape index (κ1) is 16.5. The van der Waals surface area contributed by atoms with Gasteiger partial charge >= 0.3 is 0 Å². The topological polar surface area (TPSA) is 51.3 Å². The molecule has 0 unspecified atom stereocenters. The minimum Gasteiger partial charge on any atom is -0.348 e. The van der Waals surface area contributed by atoms with Crippen molar-refractivity contribution < 1.29 is 4.92 Å². The van der Waals surface area contributed by atoms with Crippen LogP contribution >= 0.6 is 0 Å². The average molecular weight is 347 g/mol. The van der Waals surface area contributed by atoms with Gasteiger partial charge in [0.05, 0.1) is 11.0 Å². The molecule has 2 heterocycles. The van der Waals surface area contributed by atoms with Crippen LogP contribution in [0.15, 0.2) is 72.9 Å². The Labute approximate surface area is 152 Å². The van der Waals surface area contributed by atoms with Crippen LogP contribution in [0.2, 0.25) is 0 Å². The minimum absolute atomic E-state index is 0.145. The SMILES string of the molecule is O=[N+]([O-])c1ccc(CCN2CCn3cccc3[C@H]2c2ccccc2)cc1. The van der Waals surface area contributed by atoms with Crippen LogP contribution in [-0.2, 0) is 13.0 Å². The molecule has 1 atom stereocenters. The van der Waals surface area contributed by atoms with E-state index in [1.807, 2.05) is 18.2 Å². The minimum atomic E-state index is -0.353. The van der Waals surface area contributed by atoms with E-state index in [0.29, 0.717) is 0 Å². The molecule has 0 saturated carbocycles. The third-order valence-corrected chi connectivity index (χ3v) is 5.09. The van der Waals surface area contributed by atoms with Gasteiger partial charge in [-0.25, -0.2) is 0 Å². The standard InChI is InChI=1S/C21H21N3O2/c25-24(26)19-10-8-17(9-11-19)12-14-23-16-15-22-13-4-7-20(22)21(23)18-5-2-1-3-6-18/h1-11,13,21H,12,14-16H2/t21-/m1/s1. The number of nitrogens with zero attached hydrogens (tertiary/aromatic N) is 3. The van der Waals surface area contributed by atoms with Gasteiger partial charge in [0.1, 0.15) is 0 Å². The van der Waals surface area contributed by atoms with Crippen molar-refractivity contribution in [1.29, 1.82) is 0 Å². The summed E-state index contributed by atoms with van der Waals surface area (Å²) >= 11 is 0. The maximum absolute atomic E-state index is 10.8. The van der Waals surface area contributed by atoms with Crippen molar-refractivity contribution in [3.63, 3.8) is 0 Å². The second-order valence-electron chi connectivity index (χ2n) is 6.65. The Balaban J connectivity index is 1.54. The molecule has 0 amide bonds. The van der Waals surface area contributed by atoms with Gasteiger partial charge in [0, 0.05) is 43.7 Å². The van der Waals surface area contributed by atoms with Gasteiger partial charge in [-0.15, -0.1) is 0 Å². The zero-order valence-electron chi connectivity index (χ0n) is 14.5. The van der Waals surface area contributed by atoms with Gasteiger partial charge in [0.2, 0.25) is 0 Å². The summed E-state index contributed by atoms with van der Waals surface area (Å²) in [5.74, 6) is 0. The number of hydrogen-bond donors (Lipinski definition) is 0. The van der Waals surface area contributed by atoms with E-state index in [-0.39, 0.29) is 16.7 Å². The molecule has 4 rings (SSSR count). The summed E-state index contributed by atoms with van der Waals surface area (Å²) in [6.45, 7) is 2.91. The molecule has 0 radical (unpaired) electrons. The van der Waals surface area contributed by atoms with Crippen molar-refractivity contribution >= 4 is 5.69 Å². The lowest BCUT2D eigenvalue weighted by atomic mass is 9.99. The molecule has 0 aliphatic carbocycles. The Bertz CT molecular complexity index is 887. The van der Waals surface area contributed by atoms with Gasteiger partial charge in [0.25, 0.3) is 5.69 Å². The van der Waals surface area contributed by atoms with Gasteiger partial charge in [-0.2, -0.15) is 0 Å². The summed E-state index contributed by atoms with van der Waals surface area (Å²) in [4.78, 5) is 13.0. The van der Waals surface area contributed by atoms with E-state index in [4.69, 9.17) is 0 Å². The summed E-state index contributed by atoms with van der Waals surface area (Å²) in [7, 11) is 0. The van der Waals surface area contributed by atoms with Crippen molar-refractivity contribution in [3.05, 3.63) is 99.9 Å². The number of rotatable bonds is 5. The predicted octanol–water partition coefficient (Wildman–Crippen LogP) is 4.04. The number of aromatic nitrogens is 1. The maximum atomic E-state index is 10.8. The van der Waals surface area contributed by atoms with E-state index in [0.717, 1.165) is 31.6 Å². The largest absolute Gasteiger partial charge is 0.348 e. The van der Waals surface area contributed by atoms with Gasteiger partial charge in [0.15, 0.2) is 0 Å². The van der Waals surface area contributed by atoms with Crippen molar-refractivity contribution in [2.75, 3.05) is 13.1 Å². The van der Waals surface area contributed by atoms with Crippen molar-refractivity contribution in [3.8, 4) is 0 Å². The molecule has 0 saturated heterocycles. The first-order chi connectivity index (χ1) is 12.7. The van der Waals surface area contributed by atoms with Gasteiger partial charge in [-0.1, -0.05) is 42.5 Å². The molecule has 0 N–H and O–H groups in total. The third kappa shape index (κ3) is 3.26. The lowest BCUT2D eigenvalue weighted by molar-refractivity contribution is -0.384. The molecule has 1 aliphatic heterocycles. The number of benzene rings is 2. The van der Waals surface area contributed by atoms with E-state index in [2.05, 4.69) is 52.1 Å². The molecule has 1 aromatic heterocycles. The fourth-order valence-corrected chi connectivity index (χ4v) is 3.75. The van der Waals surface area contributed by atoms with Gasteiger partial charge in [-0.05, 0) is 29.7 Å². The Morgan fingerprint density at radius 1 is 0.962 bits per heavy atom. The zero-order valence-corrected chi connectivity index (χ0v) is 14.5. The van der Waals surface area contributed by atoms with Crippen LogP contribution in [0.1, 0.15) is 22.9 Å². The second-order valence-corrected chi connectivity index (χ2v) is 6.65. The number of fused-ring (bicyclic) bond motifs is 1. The summed E-state index contributed by atoms with van der Waals surface area (Å²) in [5, 5.41) is 10.8. The van der Waals surface area contributed by atoms with Crippen LogP contribution in [0.4, 0.5) is 5.69 Å². The summed E-state index contributed by atoms with van der Waals surface area (Å²) in [6, 6.07) is 22.1. The molecule has 2 aromatic carbocycles. The second kappa shape index (κ2) is 7.14. The molecule has 5 heteroatoms. The molecule has 132 valence electrons.